The molecule has 1 aliphatic heterocycles. The highest BCUT2D eigenvalue weighted by molar-refractivity contribution is 7.92. The van der Waals surface area contributed by atoms with Crippen LogP contribution >= 0.6 is 0 Å². The zero-order chi connectivity index (χ0) is 15.6. The summed E-state index contributed by atoms with van der Waals surface area (Å²) in [5, 5.41) is 2.66. The van der Waals surface area contributed by atoms with Gasteiger partial charge in [0.25, 0.3) is 5.91 Å². The summed E-state index contributed by atoms with van der Waals surface area (Å²) in [5.41, 5.74) is 0.264. The van der Waals surface area contributed by atoms with Gasteiger partial charge in [-0.3, -0.25) is 4.79 Å². The van der Waals surface area contributed by atoms with Crippen LogP contribution in [0.5, 0.6) is 0 Å². The summed E-state index contributed by atoms with van der Waals surface area (Å²) in [6.07, 6.45) is 0.890. The fourth-order valence-corrected chi connectivity index (χ4v) is 3.71. The molecule has 1 heterocycles. The van der Waals surface area contributed by atoms with E-state index in [1.54, 1.807) is 44.0 Å². The number of hydrogen-bond acceptors (Lipinski definition) is 4. The van der Waals surface area contributed by atoms with Gasteiger partial charge in [0.1, 0.15) is 0 Å². The first kappa shape index (κ1) is 16.0. The number of amides is 1. The van der Waals surface area contributed by atoms with Crippen LogP contribution in [0.3, 0.4) is 0 Å². The molecule has 0 radical (unpaired) electrons. The van der Waals surface area contributed by atoms with E-state index in [9.17, 15) is 13.2 Å². The molecular weight excluding hydrogens is 288 g/mol. The van der Waals surface area contributed by atoms with Crippen molar-refractivity contribution in [2.45, 2.75) is 36.5 Å². The minimum Gasteiger partial charge on any atom is -0.337 e. The summed E-state index contributed by atoms with van der Waals surface area (Å²) in [6, 6.07) is 6.59. The van der Waals surface area contributed by atoms with Crippen LogP contribution in [-0.2, 0) is 9.84 Å². The first-order chi connectivity index (χ1) is 9.85. The molecule has 116 valence electrons. The van der Waals surface area contributed by atoms with E-state index in [0.717, 1.165) is 19.5 Å². The minimum absolute atomic E-state index is 0.118. The van der Waals surface area contributed by atoms with Crippen LogP contribution in [0.4, 0.5) is 0 Å². The van der Waals surface area contributed by atoms with Gasteiger partial charge in [0.2, 0.25) is 0 Å². The van der Waals surface area contributed by atoms with Gasteiger partial charge in [0.15, 0.2) is 9.84 Å². The number of hydrogen-bond donors (Lipinski definition) is 1. The molecule has 1 fully saturated rings. The highest BCUT2D eigenvalue weighted by atomic mass is 32.2. The zero-order valence-electron chi connectivity index (χ0n) is 12.7. The average Bonchev–Trinajstić information content (AvgIpc) is 2.99. The predicted octanol–water partition coefficient (Wildman–Crippen LogP) is 1.30. The first-order valence-corrected chi connectivity index (χ1v) is 8.71. The van der Waals surface area contributed by atoms with E-state index in [1.807, 2.05) is 0 Å². The Morgan fingerprint density at radius 1 is 1.33 bits per heavy atom. The molecule has 0 spiro atoms. The standard InChI is InChI=1S/C15H22N2O3S/c1-11(2)21(19,20)14-7-5-4-6-13(14)15(18)17(3)12-8-9-16-10-12/h4-7,11-12,16H,8-10H2,1-3H3/t12-/m1/s1. The fraction of sp³-hybridized carbons (Fsp3) is 0.533. The summed E-state index contributed by atoms with van der Waals surface area (Å²) in [5.74, 6) is -0.233. The Morgan fingerprint density at radius 3 is 2.57 bits per heavy atom. The molecule has 1 amide bonds. The SMILES string of the molecule is CC(C)S(=O)(=O)c1ccccc1C(=O)N(C)[C@@H]1CCNC1. The Labute approximate surface area is 126 Å². The molecule has 0 aliphatic carbocycles. The molecule has 1 atom stereocenters. The van der Waals surface area contributed by atoms with Crippen molar-refractivity contribution in [2.75, 3.05) is 20.1 Å². The fourth-order valence-electron chi connectivity index (χ4n) is 2.47. The van der Waals surface area contributed by atoms with Gasteiger partial charge in [0, 0.05) is 19.6 Å². The van der Waals surface area contributed by atoms with Crippen molar-refractivity contribution in [1.82, 2.24) is 10.2 Å². The number of benzene rings is 1. The Hall–Kier alpha value is -1.40. The van der Waals surface area contributed by atoms with Gasteiger partial charge in [-0.2, -0.15) is 0 Å². The molecule has 1 aromatic carbocycles. The number of carbonyl (C=O) groups is 1. The predicted molar refractivity (Wildman–Crippen MR) is 82.1 cm³/mol. The van der Waals surface area contributed by atoms with E-state index in [2.05, 4.69) is 5.32 Å². The van der Waals surface area contributed by atoms with E-state index in [1.165, 1.54) is 6.07 Å². The zero-order valence-corrected chi connectivity index (χ0v) is 13.5. The van der Waals surface area contributed by atoms with E-state index in [4.69, 9.17) is 0 Å². The van der Waals surface area contributed by atoms with Crippen LogP contribution < -0.4 is 5.32 Å². The monoisotopic (exact) mass is 310 g/mol. The van der Waals surface area contributed by atoms with Crippen LogP contribution in [0.1, 0.15) is 30.6 Å². The largest absolute Gasteiger partial charge is 0.337 e. The lowest BCUT2D eigenvalue weighted by atomic mass is 10.1. The smallest absolute Gasteiger partial charge is 0.255 e. The highest BCUT2D eigenvalue weighted by Gasteiger charge is 2.29. The normalized spacial score (nSPS) is 19.0. The Kier molecular flexibility index (Phi) is 4.68. The Balaban J connectivity index is 2.38. The topological polar surface area (TPSA) is 66.5 Å². The number of nitrogens with zero attached hydrogens (tertiary/aromatic N) is 1. The van der Waals surface area contributed by atoms with Crippen molar-refractivity contribution < 1.29 is 13.2 Å². The molecule has 1 N–H and O–H groups in total. The second-order valence-electron chi connectivity index (χ2n) is 5.65. The Morgan fingerprint density at radius 2 is 2.00 bits per heavy atom. The van der Waals surface area contributed by atoms with Crippen molar-refractivity contribution >= 4 is 15.7 Å². The van der Waals surface area contributed by atoms with Crippen molar-refractivity contribution in [3.8, 4) is 0 Å². The van der Waals surface area contributed by atoms with Gasteiger partial charge < -0.3 is 10.2 Å². The van der Waals surface area contributed by atoms with E-state index in [-0.39, 0.29) is 22.4 Å². The van der Waals surface area contributed by atoms with Crippen molar-refractivity contribution in [3.05, 3.63) is 29.8 Å². The summed E-state index contributed by atoms with van der Waals surface area (Å²) in [4.78, 5) is 14.4. The van der Waals surface area contributed by atoms with Gasteiger partial charge in [-0.05, 0) is 38.9 Å². The lowest BCUT2D eigenvalue weighted by Gasteiger charge is -2.25. The highest BCUT2D eigenvalue weighted by Crippen LogP contribution is 2.22. The second kappa shape index (κ2) is 6.15. The molecule has 1 aliphatic rings. The number of carbonyl (C=O) groups excluding carboxylic acids is 1. The lowest BCUT2D eigenvalue weighted by molar-refractivity contribution is 0.0740. The van der Waals surface area contributed by atoms with Crippen LogP contribution in [0.25, 0.3) is 0 Å². The molecule has 6 heteroatoms. The van der Waals surface area contributed by atoms with Gasteiger partial charge >= 0.3 is 0 Å². The van der Waals surface area contributed by atoms with Gasteiger partial charge in [-0.1, -0.05) is 12.1 Å². The average molecular weight is 310 g/mol. The molecule has 5 nitrogen and oxygen atoms in total. The maximum atomic E-state index is 12.7. The number of rotatable bonds is 4. The third kappa shape index (κ3) is 3.11. The molecule has 1 saturated heterocycles. The third-order valence-corrected chi connectivity index (χ3v) is 6.16. The van der Waals surface area contributed by atoms with Gasteiger partial charge in [-0.15, -0.1) is 0 Å². The van der Waals surface area contributed by atoms with Crippen LogP contribution in [0.15, 0.2) is 29.2 Å². The van der Waals surface area contributed by atoms with Crippen LogP contribution in [0.2, 0.25) is 0 Å². The molecular formula is C15H22N2O3S. The van der Waals surface area contributed by atoms with Gasteiger partial charge in [-0.25, -0.2) is 8.42 Å². The van der Waals surface area contributed by atoms with E-state index in [0.29, 0.717) is 0 Å². The number of sulfone groups is 1. The van der Waals surface area contributed by atoms with Crippen LogP contribution in [0, 0.1) is 0 Å². The maximum Gasteiger partial charge on any atom is 0.255 e. The van der Waals surface area contributed by atoms with E-state index >= 15 is 0 Å². The summed E-state index contributed by atoms with van der Waals surface area (Å²) in [6.45, 7) is 4.89. The molecule has 0 unspecified atom stereocenters. The van der Waals surface area contributed by atoms with Crippen molar-refractivity contribution in [3.63, 3.8) is 0 Å². The maximum absolute atomic E-state index is 12.7. The summed E-state index contributed by atoms with van der Waals surface area (Å²) >= 11 is 0. The molecule has 0 bridgehead atoms. The number of likely N-dealkylation sites (N-methyl/N-ethyl adjacent to an activating group) is 1. The second-order valence-corrected chi connectivity index (χ2v) is 8.13. The van der Waals surface area contributed by atoms with Crippen molar-refractivity contribution in [2.24, 2.45) is 0 Å². The minimum atomic E-state index is -3.47. The first-order valence-electron chi connectivity index (χ1n) is 7.16. The summed E-state index contributed by atoms with van der Waals surface area (Å²) < 4.78 is 24.8. The molecule has 0 aromatic heterocycles. The number of nitrogens with one attached hydrogen (secondary N) is 1. The van der Waals surface area contributed by atoms with Crippen LogP contribution in [-0.4, -0.2) is 50.7 Å². The molecule has 1 aromatic rings. The van der Waals surface area contributed by atoms with Crippen molar-refractivity contribution in [1.29, 1.82) is 0 Å². The molecule has 0 saturated carbocycles. The molecule has 21 heavy (non-hydrogen) atoms. The lowest BCUT2D eigenvalue weighted by Crippen LogP contribution is -2.39. The molecule has 2 rings (SSSR count). The van der Waals surface area contributed by atoms with Gasteiger partial charge in [0.05, 0.1) is 15.7 Å². The third-order valence-electron chi connectivity index (χ3n) is 3.95. The Bertz CT molecular complexity index is 620. The quantitative estimate of drug-likeness (QED) is 0.910. The van der Waals surface area contributed by atoms with E-state index < -0.39 is 15.1 Å². The summed E-state index contributed by atoms with van der Waals surface area (Å²) in [7, 11) is -1.74.